The second kappa shape index (κ2) is 5.23. The molecular weight excluding hydrogens is 249 g/mol. The number of nitrogens with zero attached hydrogens (tertiary/aromatic N) is 1. The standard InChI is InChI=1S/C8H6Cl2F2N2O/c9-4-1-2-5(10)14-7(4)8(15)13-3-6(11)12/h1-2,6H,3H2,(H,13,15). The summed E-state index contributed by atoms with van der Waals surface area (Å²) in [7, 11) is 0. The van der Waals surface area contributed by atoms with Crippen molar-refractivity contribution in [2.45, 2.75) is 6.43 Å². The second-order valence-electron chi connectivity index (χ2n) is 2.57. The molecule has 0 saturated heterocycles. The predicted molar refractivity (Wildman–Crippen MR) is 52.6 cm³/mol. The number of halogens is 4. The van der Waals surface area contributed by atoms with Gasteiger partial charge in [0.05, 0.1) is 11.6 Å². The molecule has 1 amide bonds. The molecule has 1 rings (SSSR count). The Balaban J connectivity index is 2.77. The normalized spacial score (nSPS) is 10.5. The molecule has 1 N–H and O–H groups in total. The number of amides is 1. The Morgan fingerprint density at radius 1 is 1.47 bits per heavy atom. The van der Waals surface area contributed by atoms with Crippen molar-refractivity contribution in [1.82, 2.24) is 10.3 Å². The number of alkyl halides is 2. The van der Waals surface area contributed by atoms with Crippen LogP contribution >= 0.6 is 23.2 Å². The van der Waals surface area contributed by atoms with Crippen molar-refractivity contribution in [3.05, 3.63) is 28.0 Å². The third-order valence-electron chi connectivity index (χ3n) is 1.44. The summed E-state index contributed by atoms with van der Waals surface area (Å²) >= 11 is 11.2. The first kappa shape index (κ1) is 12.1. The maximum Gasteiger partial charge on any atom is 0.271 e. The van der Waals surface area contributed by atoms with Gasteiger partial charge in [0.2, 0.25) is 0 Å². The summed E-state index contributed by atoms with van der Waals surface area (Å²) in [6.07, 6.45) is -2.62. The molecule has 0 aliphatic carbocycles. The number of hydrogen-bond donors (Lipinski definition) is 1. The van der Waals surface area contributed by atoms with E-state index in [4.69, 9.17) is 23.2 Å². The van der Waals surface area contributed by atoms with Crippen molar-refractivity contribution in [2.24, 2.45) is 0 Å². The molecule has 0 spiro atoms. The summed E-state index contributed by atoms with van der Waals surface area (Å²) in [5.74, 6) is -0.775. The van der Waals surface area contributed by atoms with Gasteiger partial charge >= 0.3 is 0 Å². The molecule has 0 aromatic carbocycles. The summed E-state index contributed by atoms with van der Waals surface area (Å²) in [6.45, 7) is -0.747. The average Bonchev–Trinajstić information content (AvgIpc) is 2.18. The molecule has 7 heteroatoms. The number of pyridine rings is 1. The molecule has 1 aromatic rings. The van der Waals surface area contributed by atoms with Gasteiger partial charge in [-0.1, -0.05) is 23.2 Å². The molecule has 1 heterocycles. The number of carbonyl (C=O) groups excluding carboxylic acids is 1. The maximum absolute atomic E-state index is 11.8. The number of nitrogens with one attached hydrogen (secondary N) is 1. The predicted octanol–water partition coefficient (Wildman–Crippen LogP) is 2.38. The van der Waals surface area contributed by atoms with Crippen molar-refractivity contribution in [3.63, 3.8) is 0 Å². The lowest BCUT2D eigenvalue weighted by Gasteiger charge is -2.05. The third-order valence-corrected chi connectivity index (χ3v) is 1.96. The average molecular weight is 255 g/mol. The van der Waals surface area contributed by atoms with E-state index < -0.39 is 18.9 Å². The van der Waals surface area contributed by atoms with Crippen LogP contribution in [0, 0.1) is 0 Å². The van der Waals surface area contributed by atoms with E-state index in [0.29, 0.717) is 0 Å². The molecule has 1 aromatic heterocycles. The smallest absolute Gasteiger partial charge is 0.271 e. The molecule has 82 valence electrons. The van der Waals surface area contributed by atoms with E-state index in [-0.39, 0.29) is 15.9 Å². The van der Waals surface area contributed by atoms with E-state index in [9.17, 15) is 13.6 Å². The monoisotopic (exact) mass is 254 g/mol. The SMILES string of the molecule is O=C(NCC(F)F)c1nc(Cl)ccc1Cl. The van der Waals surface area contributed by atoms with Crippen LogP contribution in [0.2, 0.25) is 10.2 Å². The highest BCUT2D eigenvalue weighted by Crippen LogP contribution is 2.16. The fraction of sp³-hybridized carbons (Fsp3) is 0.250. The first-order valence-corrected chi connectivity index (χ1v) is 4.64. The van der Waals surface area contributed by atoms with Crippen molar-refractivity contribution in [2.75, 3.05) is 6.54 Å². The number of rotatable bonds is 3. The van der Waals surface area contributed by atoms with Gasteiger partial charge in [0.25, 0.3) is 12.3 Å². The van der Waals surface area contributed by atoms with Crippen LogP contribution < -0.4 is 5.32 Å². The van der Waals surface area contributed by atoms with Crippen LogP contribution in [0.3, 0.4) is 0 Å². The fourth-order valence-corrected chi connectivity index (χ4v) is 1.17. The van der Waals surface area contributed by atoms with Gasteiger partial charge in [0.1, 0.15) is 10.8 Å². The van der Waals surface area contributed by atoms with E-state index in [0.717, 1.165) is 0 Å². The van der Waals surface area contributed by atoms with Gasteiger partial charge in [-0.2, -0.15) is 0 Å². The lowest BCUT2D eigenvalue weighted by Crippen LogP contribution is -2.29. The zero-order valence-electron chi connectivity index (χ0n) is 7.31. The van der Waals surface area contributed by atoms with Gasteiger partial charge in [-0.25, -0.2) is 13.8 Å². The van der Waals surface area contributed by atoms with Gasteiger partial charge in [-0.3, -0.25) is 4.79 Å². The Kier molecular flexibility index (Phi) is 4.23. The lowest BCUT2D eigenvalue weighted by molar-refractivity contribution is 0.0887. The molecule has 15 heavy (non-hydrogen) atoms. The quantitative estimate of drug-likeness (QED) is 0.842. The van der Waals surface area contributed by atoms with Gasteiger partial charge in [-0.05, 0) is 12.1 Å². The lowest BCUT2D eigenvalue weighted by atomic mass is 10.3. The largest absolute Gasteiger partial charge is 0.345 e. The highest BCUT2D eigenvalue weighted by molar-refractivity contribution is 6.34. The van der Waals surface area contributed by atoms with Gasteiger partial charge in [-0.15, -0.1) is 0 Å². The highest BCUT2D eigenvalue weighted by atomic mass is 35.5. The molecule has 0 fully saturated rings. The van der Waals surface area contributed by atoms with Crippen LogP contribution in [0.4, 0.5) is 8.78 Å². The Morgan fingerprint density at radius 3 is 2.73 bits per heavy atom. The molecule has 0 saturated carbocycles. The van der Waals surface area contributed by atoms with E-state index >= 15 is 0 Å². The van der Waals surface area contributed by atoms with Crippen molar-refractivity contribution in [1.29, 1.82) is 0 Å². The van der Waals surface area contributed by atoms with Crippen LogP contribution in [-0.2, 0) is 0 Å². The number of aromatic nitrogens is 1. The molecule has 3 nitrogen and oxygen atoms in total. The minimum absolute atomic E-state index is 0.0613. The van der Waals surface area contributed by atoms with E-state index in [1.165, 1.54) is 12.1 Å². The minimum Gasteiger partial charge on any atom is -0.345 e. The van der Waals surface area contributed by atoms with Crippen molar-refractivity contribution < 1.29 is 13.6 Å². The number of hydrogen-bond acceptors (Lipinski definition) is 2. The molecule has 0 bridgehead atoms. The Bertz CT molecular complexity index is 374. The zero-order valence-corrected chi connectivity index (χ0v) is 8.82. The molecule has 0 unspecified atom stereocenters. The molecule has 0 atom stereocenters. The first-order valence-electron chi connectivity index (χ1n) is 3.89. The molecular formula is C8H6Cl2F2N2O. The summed E-state index contributed by atoms with van der Waals surface area (Å²) in [4.78, 5) is 14.9. The Hall–Kier alpha value is -0.940. The number of carbonyl (C=O) groups is 1. The highest BCUT2D eigenvalue weighted by Gasteiger charge is 2.14. The van der Waals surface area contributed by atoms with E-state index in [1.807, 2.05) is 5.32 Å². The summed E-state index contributed by atoms with van der Waals surface area (Å²) in [5, 5.41) is 2.10. The van der Waals surface area contributed by atoms with Crippen LogP contribution in [0.25, 0.3) is 0 Å². The first-order chi connectivity index (χ1) is 7.00. The van der Waals surface area contributed by atoms with Crippen LogP contribution in [0.5, 0.6) is 0 Å². The van der Waals surface area contributed by atoms with Gasteiger partial charge in [0, 0.05) is 0 Å². The topological polar surface area (TPSA) is 42.0 Å². The molecule has 0 aliphatic rings. The zero-order chi connectivity index (χ0) is 11.4. The second-order valence-corrected chi connectivity index (χ2v) is 3.36. The van der Waals surface area contributed by atoms with E-state index in [2.05, 4.69) is 4.98 Å². The molecule has 0 radical (unpaired) electrons. The summed E-state index contributed by atoms with van der Waals surface area (Å²) < 4.78 is 23.6. The summed E-state index contributed by atoms with van der Waals surface area (Å²) in [5.41, 5.74) is -0.162. The maximum atomic E-state index is 11.8. The van der Waals surface area contributed by atoms with E-state index in [1.54, 1.807) is 0 Å². The fourth-order valence-electron chi connectivity index (χ4n) is 0.831. The van der Waals surface area contributed by atoms with Gasteiger partial charge in [0.15, 0.2) is 0 Å². The molecule has 0 aliphatic heterocycles. The Labute approximate surface area is 94.4 Å². The van der Waals surface area contributed by atoms with Crippen molar-refractivity contribution in [3.8, 4) is 0 Å². The minimum atomic E-state index is -2.62. The van der Waals surface area contributed by atoms with Crippen molar-refractivity contribution >= 4 is 29.1 Å². The van der Waals surface area contributed by atoms with Crippen LogP contribution in [-0.4, -0.2) is 23.9 Å². The van der Waals surface area contributed by atoms with Gasteiger partial charge < -0.3 is 5.32 Å². The van der Waals surface area contributed by atoms with Crippen LogP contribution in [0.15, 0.2) is 12.1 Å². The summed E-state index contributed by atoms with van der Waals surface area (Å²) in [6, 6.07) is 2.77. The Morgan fingerprint density at radius 2 is 2.13 bits per heavy atom. The van der Waals surface area contributed by atoms with Crippen LogP contribution in [0.1, 0.15) is 10.5 Å². The third kappa shape index (κ3) is 3.60.